The highest BCUT2D eigenvalue weighted by atomic mass is 16.5. The van der Waals surface area contributed by atoms with E-state index in [-0.39, 0.29) is 11.5 Å². The van der Waals surface area contributed by atoms with Crippen molar-refractivity contribution in [2.24, 2.45) is 5.92 Å². The van der Waals surface area contributed by atoms with Crippen LogP contribution in [-0.2, 0) is 10.2 Å². The highest BCUT2D eigenvalue weighted by molar-refractivity contribution is 5.37. The van der Waals surface area contributed by atoms with Gasteiger partial charge in [-0.2, -0.15) is 0 Å². The van der Waals surface area contributed by atoms with E-state index in [1.54, 1.807) is 0 Å². The molecule has 0 aromatic carbocycles. The zero-order valence-corrected chi connectivity index (χ0v) is 13.2. The van der Waals surface area contributed by atoms with Gasteiger partial charge in [-0.15, -0.1) is 0 Å². The molecule has 1 aromatic rings. The molecule has 0 fully saturated rings. The minimum absolute atomic E-state index is 0.00294. The molecule has 1 rings (SSSR count). The van der Waals surface area contributed by atoms with Crippen LogP contribution in [0.5, 0.6) is 0 Å². The van der Waals surface area contributed by atoms with Crippen LogP contribution in [0.2, 0.25) is 0 Å². The molecule has 0 bridgehead atoms. The van der Waals surface area contributed by atoms with Crippen molar-refractivity contribution in [3.05, 3.63) is 17.6 Å². The van der Waals surface area contributed by atoms with Crippen LogP contribution in [0.15, 0.2) is 6.07 Å². The third-order valence-corrected chi connectivity index (χ3v) is 2.97. The van der Waals surface area contributed by atoms with Gasteiger partial charge in [0.15, 0.2) is 5.82 Å². The average Bonchev–Trinajstić information content (AvgIpc) is 2.33. The highest BCUT2D eigenvalue weighted by Gasteiger charge is 2.23. The second-order valence-corrected chi connectivity index (χ2v) is 6.12. The Bertz CT molecular complexity index is 410. The molecule has 0 saturated carbocycles. The average molecular weight is 265 g/mol. The summed E-state index contributed by atoms with van der Waals surface area (Å²) >= 11 is 0. The van der Waals surface area contributed by atoms with Gasteiger partial charge in [-0.1, -0.05) is 34.6 Å². The molecule has 4 heteroatoms. The van der Waals surface area contributed by atoms with Crippen molar-refractivity contribution in [1.82, 2.24) is 9.97 Å². The van der Waals surface area contributed by atoms with E-state index in [0.717, 1.165) is 17.3 Å². The lowest BCUT2D eigenvalue weighted by molar-refractivity contribution is 0.0230. The zero-order chi connectivity index (χ0) is 14.6. The van der Waals surface area contributed by atoms with Crippen LogP contribution in [0, 0.1) is 5.92 Å². The van der Waals surface area contributed by atoms with Crippen molar-refractivity contribution in [3.8, 4) is 0 Å². The fourth-order valence-electron chi connectivity index (χ4n) is 1.85. The molecule has 0 aliphatic carbocycles. The number of ether oxygens (including phenoxy) is 1. The molecular weight excluding hydrogens is 238 g/mol. The Morgan fingerprint density at radius 2 is 1.89 bits per heavy atom. The number of hydrogen-bond acceptors (Lipinski definition) is 4. The molecule has 1 aromatic heterocycles. The van der Waals surface area contributed by atoms with Crippen LogP contribution >= 0.6 is 0 Å². The summed E-state index contributed by atoms with van der Waals surface area (Å²) in [5, 5.41) is 3.11. The number of anilines is 1. The van der Waals surface area contributed by atoms with Crippen LogP contribution in [0.25, 0.3) is 0 Å². The molecule has 0 saturated heterocycles. The Kier molecular flexibility index (Phi) is 5.29. The van der Waals surface area contributed by atoms with Gasteiger partial charge in [0.25, 0.3) is 0 Å². The van der Waals surface area contributed by atoms with Gasteiger partial charge in [-0.05, 0) is 12.8 Å². The predicted octanol–water partition coefficient (Wildman–Crippen LogP) is 3.55. The fourth-order valence-corrected chi connectivity index (χ4v) is 1.85. The first-order chi connectivity index (χ1) is 8.79. The standard InChI is InChI=1S/C15H27N3O/c1-8-19-13(10(2)3)14-17-11(15(4,5)6)9-12(16-7)18-14/h9-10,13H,8H2,1-7H3,(H,16,17,18). The van der Waals surface area contributed by atoms with Gasteiger partial charge in [0.2, 0.25) is 0 Å². The molecule has 1 heterocycles. The second-order valence-electron chi connectivity index (χ2n) is 6.12. The van der Waals surface area contributed by atoms with Crippen molar-refractivity contribution >= 4 is 5.82 Å². The zero-order valence-electron chi connectivity index (χ0n) is 13.2. The molecule has 0 radical (unpaired) electrons. The first-order valence-electron chi connectivity index (χ1n) is 6.98. The van der Waals surface area contributed by atoms with Gasteiger partial charge in [0, 0.05) is 25.1 Å². The van der Waals surface area contributed by atoms with Crippen molar-refractivity contribution in [1.29, 1.82) is 0 Å². The van der Waals surface area contributed by atoms with Crippen LogP contribution in [0.1, 0.15) is 59.2 Å². The van der Waals surface area contributed by atoms with Crippen LogP contribution in [-0.4, -0.2) is 23.6 Å². The minimum atomic E-state index is -0.0561. The molecule has 108 valence electrons. The summed E-state index contributed by atoms with van der Waals surface area (Å²) in [4.78, 5) is 9.28. The van der Waals surface area contributed by atoms with E-state index in [2.05, 4.69) is 44.9 Å². The highest BCUT2D eigenvalue weighted by Crippen LogP contribution is 2.28. The summed E-state index contributed by atoms with van der Waals surface area (Å²) in [6.45, 7) is 13.4. The summed E-state index contributed by atoms with van der Waals surface area (Å²) in [5.41, 5.74) is 1.03. The first-order valence-corrected chi connectivity index (χ1v) is 6.98. The van der Waals surface area contributed by atoms with Gasteiger partial charge in [0.1, 0.15) is 11.9 Å². The smallest absolute Gasteiger partial charge is 0.160 e. The first kappa shape index (κ1) is 15.9. The third kappa shape index (κ3) is 4.16. The van der Waals surface area contributed by atoms with Crippen LogP contribution in [0.3, 0.4) is 0 Å². The van der Waals surface area contributed by atoms with E-state index in [1.165, 1.54) is 0 Å². The van der Waals surface area contributed by atoms with Crippen molar-refractivity contribution in [3.63, 3.8) is 0 Å². The summed E-state index contributed by atoms with van der Waals surface area (Å²) in [7, 11) is 1.88. The number of hydrogen-bond donors (Lipinski definition) is 1. The third-order valence-electron chi connectivity index (χ3n) is 2.97. The quantitative estimate of drug-likeness (QED) is 0.884. The van der Waals surface area contributed by atoms with E-state index >= 15 is 0 Å². The van der Waals surface area contributed by atoms with Crippen LogP contribution < -0.4 is 5.32 Å². The van der Waals surface area contributed by atoms with Gasteiger partial charge < -0.3 is 10.1 Å². The normalized spacial score (nSPS) is 13.7. The Labute approximate surface area is 117 Å². The molecule has 0 aliphatic rings. The number of nitrogens with one attached hydrogen (secondary N) is 1. The van der Waals surface area contributed by atoms with Crippen molar-refractivity contribution in [2.45, 2.75) is 53.1 Å². The molecule has 19 heavy (non-hydrogen) atoms. The molecule has 0 spiro atoms. The fraction of sp³-hybridized carbons (Fsp3) is 0.733. The monoisotopic (exact) mass is 265 g/mol. The minimum Gasteiger partial charge on any atom is -0.373 e. The summed E-state index contributed by atoms with van der Waals surface area (Å²) < 4.78 is 5.80. The Hall–Kier alpha value is -1.16. The molecule has 0 aliphatic heterocycles. The van der Waals surface area contributed by atoms with Gasteiger partial charge in [-0.3, -0.25) is 0 Å². The van der Waals surface area contributed by atoms with Crippen molar-refractivity contribution < 1.29 is 4.74 Å². The number of nitrogens with zero attached hydrogens (tertiary/aromatic N) is 2. The molecule has 1 N–H and O–H groups in total. The molecule has 1 unspecified atom stereocenters. The van der Waals surface area contributed by atoms with Gasteiger partial charge in [-0.25, -0.2) is 9.97 Å². The topological polar surface area (TPSA) is 47.0 Å². The number of aromatic nitrogens is 2. The maximum Gasteiger partial charge on any atom is 0.160 e. The van der Waals surface area contributed by atoms with E-state index < -0.39 is 0 Å². The molecule has 0 amide bonds. The predicted molar refractivity (Wildman–Crippen MR) is 79.5 cm³/mol. The lowest BCUT2D eigenvalue weighted by atomic mass is 9.91. The van der Waals surface area contributed by atoms with Crippen LogP contribution in [0.4, 0.5) is 5.82 Å². The van der Waals surface area contributed by atoms with E-state index in [4.69, 9.17) is 9.72 Å². The van der Waals surface area contributed by atoms with Crippen molar-refractivity contribution in [2.75, 3.05) is 19.0 Å². The SMILES string of the molecule is CCOC(c1nc(NC)cc(C(C)(C)C)n1)C(C)C. The molecular formula is C15H27N3O. The van der Waals surface area contributed by atoms with E-state index in [1.807, 2.05) is 20.0 Å². The Balaban J connectivity index is 3.25. The summed E-state index contributed by atoms with van der Waals surface area (Å²) in [6.07, 6.45) is -0.0561. The number of rotatable bonds is 5. The summed E-state index contributed by atoms with van der Waals surface area (Å²) in [5.74, 6) is 1.97. The Morgan fingerprint density at radius 3 is 2.32 bits per heavy atom. The van der Waals surface area contributed by atoms with E-state index in [9.17, 15) is 0 Å². The molecule has 1 atom stereocenters. The Morgan fingerprint density at radius 1 is 1.26 bits per heavy atom. The molecule has 4 nitrogen and oxygen atoms in total. The maximum absolute atomic E-state index is 5.80. The maximum atomic E-state index is 5.80. The summed E-state index contributed by atoms with van der Waals surface area (Å²) in [6, 6.07) is 2.01. The largest absolute Gasteiger partial charge is 0.373 e. The lowest BCUT2D eigenvalue weighted by Gasteiger charge is -2.24. The lowest BCUT2D eigenvalue weighted by Crippen LogP contribution is -2.20. The van der Waals surface area contributed by atoms with Gasteiger partial charge >= 0.3 is 0 Å². The van der Waals surface area contributed by atoms with Gasteiger partial charge in [0.05, 0.1) is 5.69 Å². The second kappa shape index (κ2) is 6.33. The van der Waals surface area contributed by atoms with E-state index in [0.29, 0.717) is 12.5 Å².